The Morgan fingerprint density at radius 1 is 1.18 bits per heavy atom. The van der Waals surface area contributed by atoms with Crippen LogP contribution in [-0.4, -0.2) is 21.9 Å². The molecule has 4 heteroatoms. The summed E-state index contributed by atoms with van der Waals surface area (Å²) in [6.45, 7) is 0. The molecule has 0 fully saturated rings. The Morgan fingerprint density at radius 3 is 2.95 bits per heavy atom. The summed E-state index contributed by atoms with van der Waals surface area (Å²) in [5.74, 6) is -0.0131. The number of H-pyrrole nitrogens is 1. The minimum atomic E-state index is -0.0131. The number of imidazole rings is 1. The van der Waals surface area contributed by atoms with E-state index in [9.17, 15) is 4.79 Å². The molecule has 2 N–H and O–H groups in total. The number of carbonyl (C=O) groups excluding carboxylic acids is 1. The van der Waals surface area contributed by atoms with E-state index in [0.29, 0.717) is 5.56 Å². The Labute approximate surface area is 128 Å². The molecule has 1 atom stereocenters. The minimum absolute atomic E-state index is 0.0131. The highest BCUT2D eigenvalue weighted by Gasteiger charge is 2.20. The second kappa shape index (κ2) is 5.30. The lowest BCUT2D eigenvalue weighted by molar-refractivity contribution is 0.0934. The van der Waals surface area contributed by atoms with E-state index in [1.165, 1.54) is 11.1 Å². The zero-order valence-electron chi connectivity index (χ0n) is 12.2. The molecule has 0 radical (unpaired) electrons. The molecule has 4 nitrogen and oxygen atoms in total. The van der Waals surface area contributed by atoms with Gasteiger partial charge >= 0.3 is 0 Å². The number of carbonyl (C=O) groups is 1. The zero-order valence-corrected chi connectivity index (χ0v) is 12.2. The van der Waals surface area contributed by atoms with E-state index in [2.05, 4.69) is 39.6 Å². The number of aryl methyl sites for hydroxylation is 1. The third kappa shape index (κ3) is 2.37. The van der Waals surface area contributed by atoms with Crippen LogP contribution in [0.3, 0.4) is 0 Å². The first-order valence-electron chi connectivity index (χ1n) is 7.60. The Hall–Kier alpha value is -2.62. The van der Waals surface area contributed by atoms with Gasteiger partial charge in [-0.05, 0) is 48.6 Å². The van der Waals surface area contributed by atoms with Gasteiger partial charge in [-0.3, -0.25) is 4.79 Å². The first kappa shape index (κ1) is 13.1. The largest absolute Gasteiger partial charge is 0.349 e. The molecule has 0 unspecified atom stereocenters. The van der Waals surface area contributed by atoms with Gasteiger partial charge < -0.3 is 10.3 Å². The molecular formula is C18H17N3O. The van der Waals surface area contributed by atoms with Crippen molar-refractivity contribution in [3.8, 4) is 0 Å². The van der Waals surface area contributed by atoms with Gasteiger partial charge in [0.1, 0.15) is 0 Å². The molecule has 1 aromatic heterocycles. The molecule has 3 aromatic rings. The van der Waals surface area contributed by atoms with Gasteiger partial charge in [0.25, 0.3) is 5.91 Å². The van der Waals surface area contributed by atoms with Crippen molar-refractivity contribution < 1.29 is 4.79 Å². The van der Waals surface area contributed by atoms with Gasteiger partial charge in [0.2, 0.25) is 0 Å². The molecule has 22 heavy (non-hydrogen) atoms. The Balaban J connectivity index is 1.50. The van der Waals surface area contributed by atoms with Crippen LogP contribution in [0.1, 0.15) is 27.9 Å². The molecule has 0 aliphatic heterocycles. The lowest BCUT2D eigenvalue weighted by atomic mass is 9.88. The van der Waals surface area contributed by atoms with Gasteiger partial charge in [-0.15, -0.1) is 0 Å². The Kier molecular flexibility index (Phi) is 3.15. The summed E-state index contributed by atoms with van der Waals surface area (Å²) < 4.78 is 0. The Morgan fingerprint density at radius 2 is 2.05 bits per heavy atom. The molecule has 0 bridgehead atoms. The molecule has 1 amide bonds. The summed E-state index contributed by atoms with van der Waals surface area (Å²) in [4.78, 5) is 19.7. The number of amides is 1. The van der Waals surface area contributed by atoms with Crippen LogP contribution in [0.2, 0.25) is 0 Å². The van der Waals surface area contributed by atoms with Crippen molar-refractivity contribution in [1.29, 1.82) is 0 Å². The van der Waals surface area contributed by atoms with E-state index in [1.807, 2.05) is 18.2 Å². The average Bonchev–Trinajstić information content (AvgIpc) is 3.02. The van der Waals surface area contributed by atoms with Crippen LogP contribution < -0.4 is 5.32 Å². The monoisotopic (exact) mass is 291 g/mol. The van der Waals surface area contributed by atoms with E-state index in [0.717, 1.165) is 30.3 Å². The fraction of sp³-hybridized carbons (Fsp3) is 0.222. The second-order valence-electron chi connectivity index (χ2n) is 5.82. The van der Waals surface area contributed by atoms with Crippen molar-refractivity contribution in [3.63, 3.8) is 0 Å². The fourth-order valence-corrected chi connectivity index (χ4v) is 3.17. The van der Waals surface area contributed by atoms with Crippen LogP contribution >= 0.6 is 0 Å². The van der Waals surface area contributed by atoms with Crippen LogP contribution in [0.5, 0.6) is 0 Å². The number of fused-ring (bicyclic) bond motifs is 2. The highest BCUT2D eigenvalue weighted by atomic mass is 16.1. The summed E-state index contributed by atoms with van der Waals surface area (Å²) in [6.07, 6.45) is 4.58. The highest BCUT2D eigenvalue weighted by molar-refractivity contribution is 5.97. The topological polar surface area (TPSA) is 57.8 Å². The normalized spacial score (nSPS) is 17.2. The second-order valence-corrected chi connectivity index (χ2v) is 5.82. The summed E-state index contributed by atoms with van der Waals surface area (Å²) in [5.41, 5.74) is 5.20. The summed E-state index contributed by atoms with van der Waals surface area (Å²) in [6, 6.07) is 14.2. The maximum atomic E-state index is 12.4. The standard InChI is InChI=1S/C18H17N3O/c22-18(14-6-8-16-17(10-14)20-11-19-16)21-15-7-5-12-3-1-2-4-13(12)9-15/h1-4,6,8,10-11,15H,5,7,9H2,(H,19,20)(H,21,22)/t15-/m0/s1. The number of hydrogen-bond donors (Lipinski definition) is 2. The van der Waals surface area contributed by atoms with Gasteiger partial charge in [0.15, 0.2) is 0 Å². The van der Waals surface area contributed by atoms with Crippen molar-refractivity contribution in [1.82, 2.24) is 15.3 Å². The fourth-order valence-electron chi connectivity index (χ4n) is 3.17. The summed E-state index contributed by atoms with van der Waals surface area (Å²) in [7, 11) is 0. The molecule has 110 valence electrons. The number of rotatable bonds is 2. The zero-order chi connectivity index (χ0) is 14.9. The van der Waals surface area contributed by atoms with Crippen LogP contribution in [-0.2, 0) is 12.8 Å². The van der Waals surface area contributed by atoms with Gasteiger partial charge in [-0.1, -0.05) is 24.3 Å². The van der Waals surface area contributed by atoms with Crippen LogP contribution in [0, 0.1) is 0 Å². The first-order valence-corrected chi connectivity index (χ1v) is 7.60. The van der Waals surface area contributed by atoms with Gasteiger partial charge in [0, 0.05) is 11.6 Å². The quantitative estimate of drug-likeness (QED) is 0.763. The predicted molar refractivity (Wildman–Crippen MR) is 85.8 cm³/mol. The molecule has 1 aliphatic rings. The predicted octanol–water partition coefficient (Wildman–Crippen LogP) is 2.85. The molecule has 1 heterocycles. The van der Waals surface area contributed by atoms with Crippen molar-refractivity contribution in [2.45, 2.75) is 25.3 Å². The average molecular weight is 291 g/mol. The number of aromatic nitrogens is 2. The molecule has 4 rings (SSSR count). The summed E-state index contributed by atoms with van der Waals surface area (Å²) in [5, 5.41) is 3.16. The molecule has 0 saturated heterocycles. The molecule has 0 saturated carbocycles. The smallest absolute Gasteiger partial charge is 0.251 e. The van der Waals surface area contributed by atoms with Crippen LogP contribution in [0.25, 0.3) is 11.0 Å². The minimum Gasteiger partial charge on any atom is -0.349 e. The molecule has 2 aromatic carbocycles. The number of aromatic amines is 1. The van der Waals surface area contributed by atoms with Gasteiger partial charge in [-0.25, -0.2) is 4.98 Å². The van der Waals surface area contributed by atoms with Crippen LogP contribution in [0.4, 0.5) is 0 Å². The van der Waals surface area contributed by atoms with E-state index in [4.69, 9.17) is 0 Å². The SMILES string of the molecule is O=C(N[C@H]1CCc2ccccc2C1)c1ccc2nc[nH]c2c1. The van der Waals surface area contributed by atoms with Crippen molar-refractivity contribution >= 4 is 16.9 Å². The van der Waals surface area contributed by atoms with Gasteiger partial charge in [-0.2, -0.15) is 0 Å². The number of hydrogen-bond acceptors (Lipinski definition) is 2. The molecule has 1 aliphatic carbocycles. The van der Waals surface area contributed by atoms with Gasteiger partial charge in [0.05, 0.1) is 17.4 Å². The van der Waals surface area contributed by atoms with E-state index < -0.39 is 0 Å². The van der Waals surface area contributed by atoms with E-state index >= 15 is 0 Å². The third-order valence-electron chi connectivity index (χ3n) is 4.36. The Bertz CT molecular complexity index is 837. The summed E-state index contributed by atoms with van der Waals surface area (Å²) >= 11 is 0. The van der Waals surface area contributed by atoms with Crippen molar-refractivity contribution in [2.75, 3.05) is 0 Å². The van der Waals surface area contributed by atoms with Crippen molar-refractivity contribution in [2.24, 2.45) is 0 Å². The van der Waals surface area contributed by atoms with E-state index in [-0.39, 0.29) is 11.9 Å². The van der Waals surface area contributed by atoms with Crippen LogP contribution in [0.15, 0.2) is 48.8 Å². The highest BCUT2D eigenvalue weighted by Crippen LogP contribution is 2.21. The van der Waals surface area contributed by atoms with Crippen molar-refractivity contribution in [3.05, 3.63) is 65.5 Å². The number of benzene rings is 2. The van der Waals surface area contributed by atoms with E-state index in [1.54, 1.807) is 6.33 Å². The number of nitrogens with one attached hydrogen (secondary N) is 2. The maximum absolute atomic E-state index is 12.4. The molecular weight excluding hydrogens is 274 g/mol. The lowest BCUT2D eigenvalue weighted by Gasteiger charge is -2.25. The first-order chi connectivity index (χ1) is 10.8. The lowest BCUT2D eigenvalue weighted by Crippen LogP contribution is -2.38. The third-order valence-corrected chi connectivity index (χ3v) is 4.36. The molecule has 0 spiro atoms. The number of nitrogens with zero attached hydrogens (tertiary/aromatic N) is 1. The maximum Gasteiger partial charge on any atom is 0.251 e.